The molecule has 0 heterocycles. The van der Waals surface area contributed by atoms with Gasteiger partial charge in [0.25, 0.3) is 0 Å². The minimum Gasteiger partial charge on any atom is -0.355 e. The first-order chi connectivity index (χ1) is 10.1. The Kier molecular flexibility index (Phi) is 12.2. The lowest BCUT2D eigenvalue weighted by atomic mass is 9.95. The second-order valence-corrected chi connectivity index (χ2v) is 6.95. The second-order valence-electron chi connectivity index (χ2n) is 5.81. The van der Waals surface area contributed by atoms with Crippen molar-refractivity contribution in [3.8, 4) is 0 Å². The molecule has 1 aliphatic rings. The Morgan fingerprint density at radius 3 is 2.55 bits per heavy atom. The third-order valence-corrected chi connectivity index (χ3v) is 4.86. The number of rotatable bonds is 6. The Morgan fingerprint density at radius 1 is 1.27 bits per heavy atom. The smallest absolute Gasteiger partial charge is 0.222 e. The lowest BCUT2D eigenvalue weighted by Gasteiger charge is -2.29. The molecule has 0 bridgehead atoms. The van der Waals surface area contributed by atoms with Crippen molar-refractivity contribution in [3.05, 3.63) is 0 Å². The van der Waals surface area contributed by atoms with E-state index in [1.807, 2.05) is 25.6 Å². The number of hydrogen-bond donors (Lipinski definition) is 3. The van der Waals surface area contributed by atoms with Crippen molar-refractivity contribution in [2.45, 2.75) is 50.8 Å². The van der Waals surface area contributed by atoms with Gasteiger partial charge in [0.05, 0.1) is 0 Å². The SMILES string of the molecule is CN=C(NCCNC(=O)C(C)C)NC1CCCC(SC)C1.I. The molecule has 7 heteroatoms. The molecule has 1 amide bonds. The zero-order valence-corrected chi connectivity index (χ0v) is 17.3. The van der Waals surface area contributed by atoms with Crippen LogP contribution in [-0.4, -0.2) is 49.6 Å². The van der Waals surface area contributed by atoms with E-state index in [1.165, 1.54) is 25.7 Å². The van der Waals surface area contributed by atoms with Crippen LogP contribution in [0.25, 0.3) is 0 Å². The molecular weight excluding hydrogens is 411 g/mol. The summed E-state index contributed by atoms with van der Waals surface area (Å²) in [6, 6.07) is 0.507. The van der Waals surface area contributed by atoms with Crippen LogP contribution in [0.2, 0.25) is 0 Å². The molecule has 0 aromatic carbocycles. The van der Waals surface area contributed by atoms with Crippen LogP contribution in [0.15, 0.2) is 4.99 Å². The molecule has 0 saturated heterocycles. The van der Waals surface area contributed by atoms with Crippen LogP contribution in [0.1, 0.15) is 39.5 Å². The zero-order valence-electron chi connectivity index (χ0n) is 14.1. The number of carbonyl (C=O) groups excluding carboxylic acids is 1. The summed E-state index contributed by atoms with van der Waals surface area (Å²) in [5, 5.41) is 10.4. The van der Waals surface area contributed by atoms with Gasteiger partial charge in [-0.2, -0.15) is 11.8 Å². The van der Waals surface area contributed by atoms with Gasteiger partial charge in [-0.25, -0.2) is 0 Å². The number of carbonyl (C=O) groups is 1. The number of thioether (sulfide) groups is 1. The summed E-state index contributed by atoms with van der Waals surface area (Å²) in [7, 11) is 1.79. The summed E-state index contributed by atoms with van der Waals surface area (Å²) in [5.74, 6) is 0.962. The van der Waals surface area contributed by atoms with E-state index < -0.39 is 0 Å². The molecule has 0 aliphatic heterocycles. The first kappa shape index (κ1) is 21.8. The first-order valence-electron chi connectivity index (χ1n) is 7.84. The van der Waals surface area contributed by atoms with Gasteiger partial charge in [0.1, 0.15) is 0 Å². The van der Waals surface area contributed by atoms with Crippen LogP contribution in [-0.2, 0) is 4.79 Å². The van der Waals surface area contributed by atoms with Crippen LogP contribution in [0, 0.1) is 5.92 Å². The molecule has 0 spiro atoms. The maximum atomic E-state index is 11.5. The van der Waals surface area contributed by atoms with Gasteiger partial charge < -0.3 is 16.0 Å². The molecule has 5 nitrogen and oxygen atoms in total. The van der Waals surface area contributed by atoms with E-state index in [-0.39, 0.29) is 35.8 Å². The van der Waals surface area contributed by atoms with Crippen molar-refractivity contribution in [1.82, 2.24) is 16.0 Å². The standard InChI is InChI=1S/C15H30N4OS.HI/c1-11(2)14(20)17-8-9-18-15(16-3)19-12-6-5-7-13(10-12)21-4;/h11-13H,5-10H2,1-4H3,(H,17,20)(H2,16,18,19);1H. The zero-order chi connectivity index (χ0) is 15.7. The number of amides is 1. The van der Waals surface area contributed by atoms with Crippen molar-refractivity contribution in [2.24, 2.45) is 10.9 Å². The molecule has 130 valence electrons. The van der Waals surface area contributed by atoms with Gasteiger partial charge in [0, 0.05) is 37.3 Å². The Morgan fingerprint density at radius 2 is 1.95 bits per heavy atom. The Hall–Kier alpha value is -0.180. The largest absolute Gasteiger partial charge is 0.355 e. The fourth-order valence-corrected chi connectivity index (χ4v) is 3.28. The molecule has 1 saturated carbocycles. The molecule has 1 fully saturated rings. The minimum atomic E-state index is 0. The summed E-state index contributed by atoms with van der Waals surface area (Å²) in [6.45, 7) is 5.11. The molecule has 3 N–H and O–H groups in total. The molecule has 0 aromatic heterocycles. The highest BCUT2D eigenvalue weighted by molar-refractivity contribution is 14.0. The van der Waals surface area contributed by atoms with Gasteiger partial charge in [0.15, 0.2) is 5.96 Å². The Bertz CT molecular complexity index is 352. The maximum absolute atomic E-state index is 11.5. The van der Waals surface area contributed by atoms with Gasteiger partial charge >= 0.3 is 0 Å². The van der Waals surface area contributed by atoms with Crippen molar-refractivity contribution < 1.29 is 4.79 Å². The summed E-state index contributed by atoms with van der Waals surface area (Å²) < 4.78 is 0. The molecule has 22 heavy (non-hydrogen) atoms. The second kappa shape index (κ2) is 12.3. The average molecular weight is 442 g/mol. The van der Waals surface area contributed by atoms with E-state index >= 15 is 0 Å². The van der Waals surface area contributed by atoms with Crippen LogP contribution >= 0.6 is 35.7 Å². The van der Waals surface area contributed by atoms with Crippen molar-refractivity contribution in [1.29, 1.82) is 0 Å². The maximum Gasteiger partial charge on any atom is 0.222 e. The average Bonchev–Trinajstić information content (AvgIpc) is 2.50. The minimum absolute atomic E-state index is 0. The highest BCUT2D eigenvalue weighted by Gasteiger charge is 2.21. The molecule has 1 aliphatic carbocycles. The quantitative estimate of drug-likeness (QED) is 0.256. The monoisotopic (exact) mass is 442 g/mol. The highest BCUT2D eigenvalue weighted by Crippen LogP contribution is 2.26. The highest BCUT2D eigenvalue weighted by atomic mass is 127. The molecular formula is C15H31IN4OS. The predicted octanol–water partition coefficient (Wildman–Crippen LogP) is 2.22. The van der Waals surface area contributed by atoms with Crippen molar-refractivity contribution in [3.63, 3.8) is 0 Å². The van der Waals surface area contributed by atoms with Crippen LogP contribution < -0.4 is 16.0 Å². The van der Waals surface area contributed by atoms with E-state index in [9.17, 15) is 4.79 Å². The third kappa shape index (κ3) is 8.45. The number of nitrogens with one attached hydrogen (secondary N) is 3. The number of halogens is 1. The van der Waals surface area contributed by atoms with Gasteiger partial charge in [-0.3, -0.25) is 9.79 Å². The van der Waals surface area contributed by atoms with Gasteiger partial charge in [-0.1, -0.05) is 20.3 Å². The lowest BCUT2D eigenvalue weighted by molar-refractivity contribution is -0.123. The fourth-order valence-electron chi connectivity index (χ4n) is 2.45. The van der Waals surface area contributed by atoms with Crippen LogP contribution in [0.4, 0.5) is 0 Å². The fraction of sp³-hybridized carbons (Fsp3) is 0.867. The predicted molar refractivity (Wildman–Crippen MR) is 107 cm³/mol. The topological polar surface area (TPSA) is 65.5 Å². The molecule has 0 radical (unpaired) electrons. The summed E-state index contributed by atoms with van der Waals surface area (Å²) >= 11 is 1.96. The van der Waals surface area contributed by atoms with Gasteiger partial charge in [-0.15, -0.1) is 24.0 Å². The summed E-state index contributed by atoms with van der Waals surface area (Å²) in [5.41, 5.74) is 0. The summed E-state index contributed by atoms with van der Waals surface area (Å²) in [6.07, 6.45) is 7.21. The number of nitrogens with zero attached hydrogens (tertiary/aromatic N) is 1. The molecule has 1 rings (SSSR count). The number of hydrogen-bond acceptors (Lipinski definition) is 3. The Labute approximate surface area is 156 Å². The van der Waals surface area contributed by atoms with E-state index in [0.29, 0.717) is 19.1 Å². The van der Waals surface area contributed by atoms with Crippen molar-refractivity contribution >= 4 is 47.6 Å². The third-order valence-electron chi connectivity index (χ3n) is 3.76. The molecule has 0 aromatic rings. The summed E-state index contributed by atoms with van der Waals surface area (Å²) in [4.78, 5) is 15.7. The van der Waals surface area contributed by atoms with E-state index in [4.69, 9.17) is 0 Å². The molecule has 2 atom stereocenters. The first-order valence-corrected chi connectivity index (χ1v) is 9.13. The van der Waals surface area contributed by atoms with Crippen LogP contribution in [0.5, 0.6) is 0 Å². The van der Waals surface area contributed by atoms with Gasteiger partial charge in [0.2, 0.25) is 5.91 Å². The Balaban J connectivity index is 0.00000441. The van der Waals surface area contributed by atoms with Crippen molar-refractivity contribution in [2.75, 3.05) is 26.4 Å². The number of guanidine groups is 1. The normalized spacial score (nSPS) is 22.0. The van der Waals surface area contributed by atoms with Gasteiger partial charge in [-0.05, 0) is 25.5 Å². The molecule has 2 unspecified atom stereocenters. The van der Waals surface area contributed by atoms with Crippen LogP contribution in [0.3, 0.4) is 0 Å². The van der Waals surface area contributed by atoms with E-state index in [1.54, 1.807) is 7.05 Å². The number of aliphatic imine (C=N–C) groups is 1. The van der Waals surface area contributed by atoms with E-state index in [2.05, 4.69) is 27.2 Å². The lowest BCUT2D eigenvalue weighted by Crippen LogP contribution is -2.47. The van der Waals surface area contributed by atoms with E-state index in [0.717, 1.165) is 11.2 Å².